The SMILES string of the molecule is CC1=CC=C2C(=C(C(F)(F)F)C(=O)N2c2ccccc2)C1=O. The number of fused-ring (bicyclic) bond motifs is 1. The fraction of sp³-hybridized carbons (Fsp3) is 0.125. The summed E-state index contributed by atoms with van der Waals surface area (Å²) in [5, 5.41) is 0. The Labute approximate surface area is 124 Å². The average Bonchev–Trinajstić information content (AvgIpc) is 2.77. The Morgan fingerprint density at radius 1 is 1.00 bits per heavy atom. The predicted molar refractivity (Wildman–Crippen MR) is 73.9 cm³/mol. The maximum absolute atomic E-state index is 13.3. The molecule has 1 aromatic carbocycles. The Morgan fingerprint density at radius 2 is 1.64 bits per heavy atom. The van der Waals surface area contributed by atoms with E-state index >= 15 is 0 Å². The van der Waals surface area contributed by atoms with Gasteiger partial charge in [0.25, 0.3) is 5.91 Å². The number of hydrogen-bond acceptors (Lipinski definition) is 2. The van der Waals surface area contributed by atoms with E-state index in [1.165, 1.54) is 31.2 Å². The van der Waals surface area contributed by atoms with Gasteiger partial charge in [0, 0.05) is 5.69 Å². The zero-order valence-electron chi connectivity index (χ0n) is 11.4. The first-order valence-corrected chi connectivity index (χ1v) is 6.47. The number of para-hydroxylation sites is 1. The van der Waals surface area contributed by atoms with Crippen molar-refractivity contribution in [2.45, 2.75) is 13.1 Å². The van der Waals surface area contributed by atoms with Gasteiger partial charge in [0.2, 0.25) is 0 Å². The molecule has 0 N–H and O–H groups in total. The third-order valence-corrected chi connectivity index (χ3v) is 3.54. The summed E-state index contributed by atoms with van der Waals surface area (Å²) >= 11 is 0. The van der Waals surface area contributed by atoms with Crippen molar-refractivity contribution < 1.29 is 22.8 Å². The third-order valence-electron chi connectivity index (χ3n) is 3.54. The van der Waals surface area contributed by atoms with Gasteiger partial charge < -0.3 is 0 Å². The number of hydrogen-bond donors (Lipinski definition) is 0. The van der Waals surface area contributed by atoms with E-state index in [9.17, 15) is 22.8 Å². The number of Topliss-reactive ketones (excluding diaryl/α,β-unsaturated/α-hetero) is 1. The number of rotatable bonds is 1. The maximum Gasteiger partial charge on any atom is 0.422 e. The molecular weight excluding hydrogens is 295 g/mol. The van der Waals surface area contributed by atoms with Crippen molar-refractivity contribution in [1.29, 1.82) is 0 Å². The number of alkyl halides is 3. The molecule has 0 spiro atoms. The minimum atomic E-state index is -4.89. The van der Waals surface area contributed by atoms with Crippen LogP contribution in [0.5, 0.6) is 0 Å². The fourth-order valence-corrected chi connectivity index (χ4v) is 2.53. The van der Waals surface area contributed by atoms with Gasteiger partial charge >= 0.3 is 6.18 Å². The average molecular weight is 305 g/mol. The van der Waals surface area contributed by atoms with Gasteiger partial charge in [-0.25, -0.2) is 0 Å². The van der Waals surface area contributed by atoms with Crippen LogP contribution in [0, 0.1) is 0 Å². The lowest BCUT2D eigenvalue weighted by Gasteiger charge is -2.21. The van der Waals surface area contributed by atoms with E-state index in [1.54, 1.807) is 18.2 Å². The number of benzene rings is 1. The van der Waals surface area contributed by atoms with Crippen molar-refractivity contribution in [2.75, 3.05) is 4.90 Å². The minimum Gasteiger partial charge on any atom is -0.289 e. The normalized spacial score (nSPS) is 18.5. The lowest BCUT2D eigenvalue weighted by atomic mass is 9.94. The predicted octanol–water partition coefficient (Wildman–Crippen LogP) is 3.31. The molecular formula is C16H10F3NO2. The van der Waals surface area contributed by atoms with Gasteiger partial charge in [-0.3, -0.25) is 14.5 Å². The van der Waals surface area contributed by atoms with E-state index < -0.39 is 29.0 Å². The first-order valence-electron chi connectivity index (χ1n) is 6.47. The van der Waals surface area contributed by atoms with Crippen LogP contribution in [0.25, 0.3) is 0 Å². The van der Waals surface area contributed by atoms with Crippen molar-refractivity contribution >= 4 is 17.4 Å². The first-order chi connectivity index (χ1) is 10.3. The van der Waals surface area contributed by atoms with Crippen molar-refractivity contribution in [2.24, 2.45) is 0 Å². The monoisotopic (exact) mass is 305 g/mol. The molecule has 0 unspecified atom stereocenters. The summed E-state index contributed by atoms with van der Waals surface area (Å²) in [7, 11) is 0. The topological polar surface area (TPSA) is 37.4 Å². The van der Waals surface area contributed by atoms with Crippen LogP contribution in [0.1, 0.15) is 6.92 Å². The number of carbonyl (C=O) groups is 2. The van der Waals surface area contributed by atoms with Gasteiger partial charge in [0.05, 0.1) is 11.3 Å². The summed E-state index contributed by atoms with van der Waals surface area (Å²) in [6.45, 7) is 1.42. The molecule has 1 heterocycles. The quantitative estimate of drug-likeness (QED) is 0.798. The van der Waals surface area contributed by atoms with Gasteiger partial charge in [-0.1, -0.05) is 24.3 Å². The molecule has 6 heteroatoms. The zero-order chi connectivity index (χ0) is 16.1. The highest BCUT2D eigenvalue weighted by atomic mass is 19.4. The second kappa shape index (κ2) is 4.69. The molecule has 1 aliphatic heterocycles. The fourth-order valence-electron chi connectivity index (χ4n) is 2.53. The smallest absolute Gasteiger partial charge is 0.289 e. The zero-order valence-corrected chi connectivity index (χ0v) is 11.4. The highest BCUT2D eigenvalue weighted by molar-refractivity contribution is 6.26. The highest BCUT2D eigenvalue weighted by Crippen LogP contribution is 2.43. The molecule has 1 aromatic rings. The molecule has 0 saturated carbocycles. The van der Waals surface area contributed by atoms with Gasteiger partial charge in [0.15, 0.2) is 5.78 Å². The number of nitrogens with zero attached hydrogens (tertiary/aromatic N) is 1. The molecule has 0 bridgehead atoms. The minimum absolute atomic E-state index is 0.0286. The molecule has 0 aromatic heterocycles. The Balaban J connectivity index is 2.24. The molecule has 1 aliphatic carbocycles. The lowest BCUT2D eigenvalue weighted by molar-refractivity contribution is -0.128. The number of amides is 1. The van der Waals surface area contributed by atoms with Crippen LogP contribution in [0.15, 0.2) is 64.9 Å². The number of halogens is 3. The van der Waals surface area contributed by atoms with E-state index in [4.69, 9.17) is 0 Å². The maximum atomic E-state index is 13.3. The largest absolute Gasteiger partial charge is 0.422 e. The molecule has 2 aliphatic rings. The van der Waals surface area contributed by atoms with Crippen LogP contribution in [0.3, 0.4) is 0 Å². The van der Waals surface area contributed by atoms with Crippen molar-refractivity contribution in [3.63, 3.8) is 0 Å². The standard InChI is InChI=1S/C16H10F3NO2/c1-9-7-8-11-12(14(9)21)13(16(17,18)19)15(22)20(11)10-5-3-2-4-6-10/h2-8H,1H3. The summed E-state index contributed by atoms with van der Waals surface area (Å²) < 4.78 is 39.8. The molecule has 3 rings (SSSR count). The van der Waals surface area contributed by atoms with E-state index in [-0.39, 0.29) is 17.0 Å². The van der Waals surface area contributed by atoms with E-state index in [0.717, 1.165) is 4.90 Å². The summed E-state index contributed by atoms with van der Waals surface area (Å²) in [4.78, 5) is 25.4. The number of anilines is 1. The molecule has 0 radical (unpaired) electrons. The molecule has 1 amide bonds. The molecule has 0 fully saturated rings. The van der Waals surface area contributed by atoms with E-state index in [0.29, 0.717) is 0 Å². The summed E-state index contributed by atoms with van der Waals surface area (Å²) in [6.07, 6.45) is -2.10. The number of allylic oxidation sites excluding steroid dienone is 4. The van der Waals surface area contributed by atoms with Gasteiger partial charge in [-0.05, 0) is 30.7 Å². The first kappa shape index (κ1) is 14.3. The Hall–Kier alpha value is -2.63. The van der Waals surface area contributed by atoms with Gasteiger partial charge in [-0.15, -0.1) is 0 Å². The highest BCUT2D eigenvalue weighted by Gasteiger charge is 2.52. The second-order valence-corrected chi connectivity index (χ2v) is 4.95. The Kier molecular flexibility index (Phi) is 3.05. The van der Waals surface area contributed by atoms with E-state index in [2.05, 4.69) is 0 Å². The lowest BCUT2D eigenvalue weighted by Crippen LogP contribution is -2.29. The van der Waals surface area contributed by atoms with E-state index in [1.807, 2.05) is 0 Å². The molecule has 0 atom stereocenters. The summed E-state index contributed by atoms with van der Waals surface area (Å²) in [5.74, 6) is -1.99. The van der Waals surface area contributed by atoms with Crippen LogP contribution < -0.4 is 4.90 Å². The van der Waals surface area contributed by atoms with Crippen LogP contribution in [0.4, 0.5) is 18.9 Å². The van der Waals surface area contributed by atoms with Crippen LogP contribution >= 0.6 is 0 Å². The van der Waals surface area contributed by atoms with Crippen molar-refractivity contribution in [1.82, 2.24) is 0 Å². The van der Waals surface area contributed by atoms with Crippen LogP contribution in [-0.4, -0.2) is 17.9 Å². The van der Waals surface area contributed by atoms with Crippen molar-refractivity contribution in [3.8, 4) is 0 Å². The molecule has 22 heavy (non-hydrogen) atoms. The van der Waals surface area contributed by atoms with Gasteiger partial charge in [0.1, 0.15) is 5.57 Å². The Bertz CT molecular complexity index is 770. The number of carbonyl (C=O) groups excluding carboxylic acids is 2. The summed E-state index contributed by atoms with van der Waals surface area (Å²) in [5.41, 5.74) is -1.54. The van der Waals surface area contributed by atoms with Gasteiger partial charge in [-0.2, -0.15) is 13.2 Å². The molecule has 112 valence electrons. The Morgan fingerprint density at radius 3 is 2.23 bits per heavy atom. The number of ketones is 1. The van der Waals surface area contributed by atoms with Crippen LogP contribution in [-0.2, 0) is 9.59 Å². The molecule has 3 nitrogen and oxygen atoms in total. The summed E-state index contributed by atoms with van der Waals surface area (Å²) in [6, 6.07) is 7.95. The third kappa shape index (κ3) is 1.99. The second-order valence-electron chi connectivity index (χ2n) is 4.95. The molecule has 0 saturated heterocycles. The van der Waals surface area contributed by atoms with Crippen molar-refractivity contribution in [3.05, 3.63) is 64.9 Å². The van der Waals surface area contributed by atoms with Crippen LogP contribution in [0.2, 0.25) is 0 Å².